The Morgan fingerprint density at radius 2 is 1.61 bits per heavy atom. The van der Waals surface area contributed by atoms with Gasteiger partial charge in [0.25, 0.3) is 10.2 Å². The number of nitrogens with one attached hydrogen (secondary N) is 3. The molecule has 11 nitrogen and oxygen atoms in total. The van der Waals surface area contributed by atoms with Gasteiger partial charge in [-0.25, -0.2) is 18.5 Å². The van der Waals surface area contributed by atoms with Crippen molar-refractivity contribution in [2.24, 2.45) is 5.14 Å². The summed E-state index contributed by atoms with van der Waals surface area (Å²) in [5.41, 5.74) is 2.29. The molecule has 13 heteroatoms. The average Bonchev–Trinajstić information content (AvgIpc) is 2.77. The highest BCUT2D eigenvalue weighted by molar-refractivity contribution is 7.89. The highest BCUT2D eigenvalue weighted by Gasteiger charge is 2.12. The zero-order chi connectivity index (χ0) is 24.1. The molecule has 0 radical (unpaired) electrons. The van der Waals surface area contributed by atoms with Gasteiger partial charge in [0, 0.05) is 39.1 Å². The van der Waals surface area contributed by atoms with Crippen molar-refractivity contribution in [3.8, 4) is 0 Å². The van der Waals surface area contributed by atoms with Crippen LogP contribution >= 0.6 is 0 Å². The highest BCUT2D eigenvalue weighted by atomic mass is 32.2. The average molecular weight is 492 g/mol. The van der Waals surface area contributed by atoms with Crippen LogP contribution in [0, 0.1) is 0 Å². The SMILES string of the molecule is CN(C)S(=O)(=O)NCc1ccc(CNc2ccnc(Nc3cccc(S(N)(=O)=O)c3)n2)cc1. The number of aromatic nitrogens is 2. The quantitative estimate of drug-likeness (QED) is 0.331. The molecule has 3 rings (SSSR count). The van der Waals surface area contributed by atoms with Crippen LogP contribution in [0.1, 0.15) is 11.1 Å². The number of benzene rings is 2. The molecule has 3 aromatic rings. The van der Waals surface area contributed by atoms with Crippen LogP contribution in [-0.2, 0) is 33.3 Å². The molecule has 33 heavy (non-hydrogen) atoms. The molecule has 0 aliphatic carbocycles. The number of rotatable bonds is 10. The maximum atomic E-state index is 11.8. The molecule has 0 aliphatic heterocycles. The molecule has 1 heterocycles. The van der Waals surface area contributed by atoms with Crippen LogP contribution in [0.4, 0.5) is 17.5 Å². The van der Waals surface area contributed by atoms with Crippen LogP contribution in [0.3, 0.4) is 0 Å². The van der Waals surface area contributed by atoms with Gasteiger partial charge in [0.2, 0.25) is 16.0 Å². The maximum Gasteiger partial charge on any atom is 0.279 e. The normalized spacial score (nSPS) is 12.0. The topological polar surface area (TPSA) is 159 Å². The number of hydrogen-bond donors (Lipinski definition) is 4. The number of nitrogens with zero attached hydrogens (tertiary/aromatic N) is 3. The molecule has 0 saturated carbocycles. The van der Waals surface area contributed by atoms with Crippen LogP contribution in [0.2, 0.25) is 0 Å². The Morgan fingerprint density at radius 1 is 0.939 bits per heavy atom. The zero-order valence-corrected chi connectivity index (χ0v) is 19.7. The molecule has 1 aromatic heterocycles. The lowest BCUT2D eigenvalue weighted by atomic mass is 10.1. The van der Waals surface area contributed by atoms with Crippen molar-refractivity contribution in [3.05, 3.63) is 71.9 Å². The number of primary sulfonamides is 1. The van der Waals surface area contributed by atoms with E-state index in [1.54, 1.807) is 24.4 Å². The van der Waals surface area contributed by atoms with Gasteiger partial charge in [-0.15, -0.1) is 0 Å². The lowest BCUT2D eigenvalue weighted by Gasteiger charge is -2.12. The summed E-state index contributed by atoms with van der Waals surface area (Å²) < 4.78 is 50.2. The third-order valence-electron chi connectivity index (χ3n) is 4.51. The molecule has 0 amide bonds. The van der Waals surface area contributed by atoms with Gasteiger partial charge >= 0.3 is 0 Å². The summed E-state index contributed by atoms with van der Waals surface area (Å²) in [7, 11) is -4.36. The Balaban J connectivity index is 1.59. The van der Waals surface area contributed by atoms with Gasteiger partial charge in [0.15, 0.2) is 0 Å². The second kappa shape index (κ2) is 10.2. The van der Waals surface area contributed by atoms with Gasteiger partial charge < -0.3 is 10.6 Å². The summed E-state index contributed by atoms with van der Waals surface area (Å²) in [5, 5.41) is 11.3. The first-order valence-electron chi connectivity index (χ1n) is 9.75. The Labute approximate surface area is 193 Å². The van der Waals surface area contributed by atoms with Crippen molar-refractivity contribution in [1.29, 1.82) is 0 Å². The van der Waals surface area contributed by atoms with Crippen LogP contribution in [0.25, 0.3) is 0 Å². The predicted octanol–water partition coefficient (Wildman–Crippen LogP) is 1.38. The first-order valence-corrected chi connectivity index (χ1v) is 12.7. The Kier molecular flexibility index (Phi) is 7.61. The fourth-order valence-electron chi connectivity index (χ4n) is 2.67. The van der Waals surface area contributed by atoms with E-state index in [9.17, 15) is 16.8 Å². The molecular formula is C20H25N7O4S2. The van der Waals surface area contributed by atoms with Crippen molar-refractivity contribution in [1.82, 2.24) is 19.0 Å². The van der Waals surface area contributed by atoms with Gasteiger partial charge in [-0.3, -0.25) is 0 Å². The molecule has 0 atom stereocenters. The van der Waals surface area contributed by atoms with E-state index >= 15 is 0 Å². The van der Waals surface area contributed by atoms with Gasteiger partial charge in [-0.05, 0) is 35.4 Å². The van der Waals surface area contributed by atoms with Gasteiger partial charge in [0.05, 0.1) is 4.90 Å². The minimum atomic E-state index is -3.81. The van der Waals surface area contributed by atoms with E-state index in [4.69, 9.17) is 5.14 Å². The van der Waals surface area contributed by atoms with Gasteiger partial charge in [-0.1, -0.05) is 30.3 Å². The van der Waals surface area contributed by atoms with Crippen molar-refractivity contribution in [3.63, 3.8) is 0 Å². The summed E-state index contributed by atoms with van der Waals surface area (Å²) in [6, 6.07) is 15.2. The summed E-state index contributed by atoms with van der Waals surface area (Å²) in [4.78, 5) is 8.50. The molecule has 2 aromatic carbocycles. The van der Waals surface area contributed by atoms with Crippen molar-refractivity contribution < 1.29 is 16.8 Å². The zero-order valence-electron chi connectivity index (χ0n) is 18.1. The molecule has 5 N–H and O–H groups in total. The predicted molar refractivity (Wildman–Crippen MR) is 126 cm³/mol. The van der Waals surface area contributed by atoms with E-state index in [0.29, 0.717) is 18.1 Å². The van der Waals surface area contributed by atoms with Gasteiger partial charge in [0.1, 0.15) is 5.82 Å². The summed E-state index contributed by atoms with van der Waals surface area (Å²) >= 11 is 0. The van der Waals surface area contributed by atoms with Crippen molar-refractivity contribution in [2.45, 2.75) is 18.0 Å². The number of nitrogens with two attached hydrogens (primary N) is 1. The Morgan fingerprint density at radius 3 is 2.24 bits per heavy atom. The molecule has 0 aliphatic rings. The number of hydrogen-bond acceptors (Lipinski definition) is 8. The van der Waals surface area contributed by atoms with E-state index in [0.717, 1.165) is 15.4 Å². The fraction of sp³-hybridized carbons (Fsp3) is 0.200. The maximum absolute atomic E-state index is 11.8. The standard InChI is InChI=1S/C20H25N7O4S2/c1-27(2)33(30,31)24-14-16-8-6-15(7-9-16)13-23-19-10-11-22-20(26-19)25-17-4-3-5-18(12-17)32(21,28)29/h3-12,24H,13-14H2,1-2H3,(H2,21,28,29)(H2,22,23,25,26). The lowest BCUT2D eigenvalue weighted by molar-refractivity contribution is 0.505. The van der Waals surface area contributed by atoms with E-state index < -0.39 is 20.2 Å². The lowest BCUT2D eigenvalue weighted by Crippen LogP contribution is -2.35. The summed E-state index contributed by atoms with van der Waals surface area (Å²) in [6.07, 6.45) is 1.57. The summed E-state index contributed by atoms with van der Waals surface area (Å²) in [5.74, 6) is 0.855. The van der Waals surface area contributed by atoms with E-state index in [1.165, 1.54) is 26.2 Å². The molecule has 0 spiro atoms. The van der Waals surface area contributed by atoms with Crippen LogP contribution in [0.15, 0.2) is 65.7 Å². The number of sulfonamides is 1. The molecular weight excluding hydrogens is 466 g/mol. The minimum absolute atomic E-state index is 0.0141. The molecule has 0 bridgehead atoms. The van der Waals surface area contributed by atoms with Crippen molar-refractivity contribution >= 4 is 37.7 Å². The Hall–Kier alpha value is -3.10. The minimum Gasteiger partial charge on any atom is -0.366 e. The van der Waals surface area contributed by atoms with Crippen LogP contribution in [-0.4, -0.2) is 45.2 Å². The monoisotopic (exact) mass is 491 g/mol. The third kappa shape index (κ3) is 7.20. The smallest absolute Gasteiger partial charge is 0.279 e. The van der Waals surface area contributed by atoms with Crippen LogP contribution in [0.5, 0.6) is 0 Å². The second-order valence-corrected chi connectivity index (χ2v) is 10.8. The Bertz CT molecular complexity index is 1310. The van der Waals surface area contributed by atoms with E-state index in [2.05, 4.69) is 25.3 Å². The van der Waals surface area contributed by atoms with E-state index in [-0.39, 0.29) is 17.4 Å². The molecule has 0 unspecified atom stereocenters. The largest absolute Gasteiger partial charge is 0.366 e. The first-order chi connectivity index (χ1) is 15.5. The molecule has 176 valence electrons. The van der Waals surface area contributed by atoms with E-state index in [1.807, 2.05) is 24.3 Å². The number of anilines is 3. The highest BCUT2D eigenvalue weighted by Crippen LogP contribution is 2.18. The first kappa shape index (κ1) is 24.5. The van der Waals surface area contributed by atoms with Gasteiger partial charge in [-0.2, -0.15) is 22.4 Å². The molecule has 0 fully saturated rings. The third-order valence-corrected chi connectivity index (χ3v) is 6.89. The fourth-order valence-corrected chi connectivity index (χ4v) is 3.84. The van der Waals surface area contributed by atoms with Crippen LogP contribution < -0.4 is 20.5 Å². The summed E-state index contributed by atoms with van der Waals surface area (Å²) in [6.45, 7) is 0.683. The second-order valence-electron chi connectivity index (χ2n) is 7.24. The van der Waals surface area contributed by atoms with Crippen molar-refractivity contribution in [2.75, 3.05) is 24.7 Å². The molecule has 0 saturated heterocycles.